The van der Waals surface area contributed by atoms with Gasteiger partial charge in [0.25, 0.3) is 0 Å². The molecule has 2 fully saturated rings. The number of hydrogen-bond acceptors (Lipinski definition) is 3. The van der Waals surface area contributed by atoms with Gasteiger partial charge in [-0.15, -0.1) is 0 Å². The molecule has 0 radical (unpaired) electrons. The molecule has 2 heterocycles. The van der Waals surface area contributed by atoms with E-state index in [-0.39, 0.29) is 0 Å². The molecule has 3 atom stereocenters. The number of carbonyl (C=O) groups excluding carboxylic acids is 1. The summed E-state index contributed by atoms with van der Waals surface area (Å²) in [6.45, 7) is 7.01. The summed E-state index contributed by atoms with van der Waals surface area (Å²) in [5, 5.41) is 3.44. The summed E-state index contributed by atoms with van der Waals surface area (Å²) in [5.41, 5.74) is 0. The second-order valence-electron chi connectivity index (χ2n) is 6.65. The van der Waals surface area contributed by atoms with Crippen molar-refractivity contribution in [2.24, 2.45) is 17.8 Å². The van der Waals surface area contributed by atoms with E-state index < -0.39 is 0 Å². The minimum atomic E-state index is 0.300. The number of ether oxygens (including phenoxy) is 1. The average Bonchev–Trinajstić information content (AvgIpc) is 2.49. The van der Waals surface area contributed by atoms with Crippen LogP contribution >= 0.6 is 0 Å². The molecule has 0 aromatic carbocycles. The number of amides is 1. The maximum absolute atomic E-state index is 12.3. The molecule has 20 heavy (non-hydrogen) atoms. The van der Waals surface area contributed by atoms with Crippen LogP contribution < -0.4 is 5.32 Å². The molecule has 1 amide bonds. The van der Waals surface area contributed by atoms with Gasteiger partial charge in [0.15, 0.2) is 0 Å². The number of piperidine rings is 1. The van der Waals surface area contributed by atoms with E-state index in [0.717, 1.165) is 39.3 Å². The van der Waals surface area contributed by atoms with Crippen molar-refractivity contribution in [3.05, 3.63) is 0 Å². The second kappa shape index (κ2) is 7.99. The Morgan fingerprint density at radius 1 is 1.40 bits per heavy atom. The standard InChI is InChI=1S/C16H30N2O2/c1-13(15-6-3-7-17-10-15)9-16(19)18(2)11-14-5-4-8-20-12-14/h13-15,17H,3-12H2,1-2H3. The molecule has 0 saturated carbocycles. The summed E-state index contributed by atoms with van der Waals surface area (Å²) >= 11 is 0. The fraction of sp³-hybridized carbons (Fsp3) is 0.938. The average molecular weight is 282 g/mol. The SMILES string of the molecule is CC(CC(=O)N(C)CC1CCCOC1)C1CCCNC1. The van der Waals surface area contributed by atoms with Crippen LogP contribution in [0.1, 0.15) is 39.0 Å². The number of nitrogens with one attached hydrogen (secondary N) is 1. The summed E-state index contributed by atoms with van der Waals surface area (Å²) in [6, 6.07) is 0. The molecule has 0 bridgehead atoms. The lowest BCUT2D eigenvalue weighted by Gasteiger charge is -2.31. The fourth-order valence-corrected chi connectivity index (χ4v) is 3.40. The number of carbonyl (C=O) groups is 1. The third kappa shape index (κ3) is 4.74. The van der Waals surface area contributed by atoms with Gasteiger partial charge < -0.3 is 15.0 Å². The molecule has 4 heteroatoms. The zero-order valence-corrected chi connectivity index (χ0v) is 13.1. The topological polar surface area (TPSA) is 41.6 Å². The van der Waals surface area contributed by atoms with Gasteiger partial charge in [0.05, 0.1) is 6.61 Å². The molecule has 116 valence electrons. The van der Waals surface area contributed by atoms with E-state index in [1.54, 1.807) is 0 Å². The first-order chi connectivity index (χ1) is 9.66. The Bertz CT molecular complexity index is 297. The summed E-state index contributed by atoms with van der Waals surface area (Å²) in [4.78, 5) is 14.3. The van der Waals surface area contributed by atoms with Gasteiger partial charge in [0.1, 0.15) is 0 Å². The first kappa shape index (κ1) is 15.8. The van der Waals surface area contributed by atoms with Crippen molar-refractivity contribution >= 4 is 5.91 Å². The first-order valence-electron chi connectivity index (χ1n) is 8.19. The van der Waals surface area contributed by atoms with Gasteiger partial charge >= 0.3 is 0 Å². The lowest BCUT2D eigenvalue weighted by atomic mass is 9.85. The molecular formula is C16H30N2O2. The van der Waals surface area contributed by atoms with Gasteiger partial charge in [-0.25, -0.2) is 0 Å². The molecule has 4 nitrogen and oxygen atoms in total. The highest BCUT2D eigenvalue weighted by atomic mass is 16.5. The smallest absolute Gasteiger partial charge is 0.222 e. The fourth-order valence-electron chi connectivity index (χ4n) is 3.40. The van der Waals surface area contributed by atoms with Crippen molar-refractivity contribution in [2.75, 3.05) is 39.9 Å². The molecular weight excluding hydrogens is 252 g/mol. The van der Waals surface area contributed by atoms with Crippen molar-refractivity contribution in [3.63, 3.8) is 0 Å². The minimum absolute atomic E-state index is 0.300. The summed E-state index contributed by atoms with van der Waals surface area (Å²) in [5.74, 6) is 1.98. The van der Waals surface area contributed by atoms with Crippen molar-refractivity contribution in [2.45, 2.75) is 39.0 Å². The molecule has 0 aliphatic carbocycles. The van der Waals surface area contributed by atoms with Crippen LogP contribution in [0.4, 0.5) is 0 Å². The van der Waals surface area contributed by atoms with Gasteiger partial charge in [-0.05, 0) is 56.5 Å². The summed E-state index contributed by atoms with van der Waals surface area (Å²) in [6.07, 6.45) is 5.53. The Balaban J connectivity index is 1.71. The molecule has 0 spiro atoms. The Hall–Kier alpha value is -0.610. The Labute approximate surface area is 123 Å². The Morgan fingerprint density at radius 3 is 2.90 bits per heavy atom. The lowest BCUT2D eigenvalue weighted by molar-refractivity contribution is -0.132. The number of hydrogen-bond donors (Lipinski definition) is 1. The maximum atomic E-state index is 12.3. The van der Waals surface area contributed by atoms with E-state index in [4.69, 9.17) is 4.74 Å². The molecule has 0 aromatic heterocycles. The molecule has 1 N–H and O–H groups in total. The van der Waals surface area contributed by atoms with Crippen LogP contribution in [0.15, 0.2) is 0 Å². The van der Waals surface area contributed by atoms with E-state index in [2.05, 4.69) is 12.2 Å². The van der Waals surface area contributed by atoms with Gasteiger partial charge in [-0.2, -0.15) is 0 Å². The van der Waals surface area contributed by atoms with Gasteiger partial charge in [-0.3, -0.25) is 4.79 Å². The van der Waals surface area contributed by atoms with E-state index in [1.165, 1.54) is 19.3 Å². The number of nitrogens with zero attached hydrogens (tertiary/aromatic N) is 1. The Kier molecular flexibility index (Phi) is 6.30. The highest BCUT2D eigenvalue weighted by Crippen LogP contribution is 2.23. The van der Waals surface area contributed by atoms with Gasteiger partial charge in [-0.1, -0.05) is 6.92 Å². The third-order valence-electron chi connectivity index (χ3n) is 4.85. The van der Waals surface area contributed by atoms with E-state index in [1.807, 2.05) is 11.9 Å². The summed E-state index contributed by atoms with van der Waals surface area (Å²) < 4.78 is 5.49. The van der Waals surface area contributed by atoms with Crippen LogP contribution in [0.5, 0.6) is 0 Å². The molecule has 2 aliphatic heterocycles. The van der Waals surface area contributed by atoms with Gasteiger partial charge in [0, 0.05) is 26.6 Å². The molecule has 0 aromatic rings. The molecule has 2 aliphatic rings. The predicted molar refractivity (Wildman–Crippen MR) is 80.6 cm³/mol. The third-order valence-corrected chi connectivity index (χ3v) is 4.85. The highest BCUT2D eigenvalue weighted by molar-refractivity contribution is 5.76. The van der Waals surface area contributed by atoms with Crippen molar-refractivity contribution < 1.29 is 9.53 Å². The number of rotatable bonds is 5. The van der Waals surface area contributed by atoms with Crippen LogP contribution in [0, 0.1) is 17.8 Å². The van der Waals surface area contributed by atoms with Crippen LogP contribution in [0.2, 0.25) is 0 Å². The highest BCUT2D eigenvalue weighted by Gasteiger charge is 2.24. The second-order valence-corrected chi connectivity index (χ2v) is 6.65. The predicted octanol–water partition coefficient (Wildman–Crippen LogP) is 1.90. The first-order valence-corrected chi connectivity index (χ1v) is 8.19. The quantitative estimate of drug-likeness (QED) is 0.837. The molecule has 2 saturated heterocycles. The van der Waals surface area contributed by atoms with Crippen LogP contribution in [-0.2, 0) is 9.53 Å². The largest absolute Gasteiger partial charge is 0.381 e. The van der Waals surface area contributed by atoms with Crippen molar-refractivity contribution in [1.82, 2.24) is 10.2 Å². The Morgan fingerprint density at radius 2 is 2.25 bits per heavy atom. The van der Waals surface area contributed by atoms with Crippen molar-refractivity contribution in [3.8, 4) is 0 Å². The monoisotopic (exact) mass is 282 g/mol. The molecule has 2 rings (SSSR count). The normalized spacial score (nSPS) is 28.9. The zero-order chi connectivity index (χ0) is 14.4. The van der Waals surface area contributed by atoms with E-state index in [0.29, 0.717) is 30.1 Å². The van der Waals surface area contributed by atoms with E-state index in [9.17, 15) is 4.79 Å². The van der Waals surface area contributed by atoms with Crippen LogP contribution in [0.25, 0.3) is 0 Å². The van der Waals surface area contributed by atoms with Crippen LogP contribution in [0.3, 0.4) is 0 Å². The minimum Gasteiger partial charge on any atom is -0.381 e. The van der Waals surface area contributed by atoms with Gasteiger partial charge in [0.2, 0.25) is 5.91 Å². The molecule has 3 unspecified atom stereocenters. The van der Waals surface area contributed by atoms with Crippen molar-refractivity contribution in [1.29, 1.82) is 0 Å². The van der Waals surface area contributed by atoms with Crippen LogP contribution in [-0.4, -0.2) is 50.7 Å². The lowest BCUT2D eigenvalue weighted by Crippen LogP contribution is -2.38. The summed E-state index contributed by atoms with van der Waals surface area (Å²) in [7, 11) is 1.95. The zero-order valence-electron chi connectivity index (χ0n) is 13.1. The maximum Gasteiger partial charge on any atom is 0.222 e. The van der Waals surface area contributed by atoms with E-state index >= 15 is 0 Å².